The van der Waals surface area contributed by atoms with Gasteiger partial charge in [-0.05, 0) is 60.7 Å². The molecule has 11 nitrogen and oxygen atoms in total. The van der Waals surface area contributed by atoms with Crippen LogP contribution < -0.4 is 10.6 Å². The van der Waals surface area contributed by atoms with Gasteiger partial charge < -0.3 is 15.4 Å². The number of carbonyl (C=O) groups is 1. The number of anilines is 3. The van der Waals surface area contributed by atoms with E-state index in [1.165, 1.54) is 22.2 Å². The molecule has 1 fully saturated rings. The van der Waals surface area contributed by atoms with Gasteiger partial charge in [0.05, 0.1) is 0 Å². The van der Waals surface area contributed by atoms with E-state index in [0.717, 1.165) is 29.1 Å². The smallest absolute Gasteiger partial charge is 0.332 e. The predicted molar refractivity (Wildman–Crippen MR) is 118 cm³/mol. The number of aromatic nitrogens is 5. The molecule has 0 radical (unpaired) electrons. The standard InChI is InChI=1S/C20H18N8O3S/c1-11-10-15(26-25-11)22-19-24-20(23-16-8-9-17(27(16)19)28(30)31)32-14-6-4-13(5-7-14)21-18(29)12-2-3-12/h4-10,12H,2-3H2,1H3,(H,21,29)(H2,22,23,24,25,26). The highest BCUT2D eigenvalue weighted by Crippen LogP contribution is 2.32. The minimum atomic E-state index is -0.487. The summed E-state index contributed by atoms with van der Waals surface area (Å²) in [6, 6.07) is 12.1. The highest BCUT2D eigenvalue weighted by atomic mass is 32.2. The van der Waals surface area contributed by atoms with Crippen LogP contribution in [0.1, 0.15) is 18.5 Å². The Hall–Kier alpha value is -3.93. The van der Waals surface area contributed by atoms with E-state index in [9.17, 15) is 14.9 Å². The van der Waals surface area contributed by atoms with Gasteiger partial charge in [0.25, 0.3) is 0 Å². The van der Waals surface area contributed by atoms with Gasteiger partial charge in [0, 0.05) is 40.4 Å². The molecule has 1 aliphatic rings. The van der Waals surface area contributed by atoms with Gasteiger partial charge in [-0.15, -0.1) is 4.40 Å². The van der Waals surface area contributed by atoms with Gasteiger partial charge in [0.15, 0.2) is 5.82 Å². The molecule has 3 aromatic heterocycles. The van der Waals surface area contributed by atoms with Crippen molar-refractivity contribution in [3.8, 4) is 0 Å². The summed E-state index contributed by atoms with van der Waals surface area (Å²) in [7, 11) is 0. The summed E-state index contributed by atoms with van der Waals surface area (Å²) in [5.74, 6) is 0.756. The van der Waals surface area contributed by atoms with Crippen LogP contribution in [0.5, 0.6) is 0 Å². The largest absolute Gasteiger partial charge is 0.358 e. The molecule has 12 heteroatoms. The fourth-order valence-electron chi connectivity index (χ4n) is 3.15. The Kier molecular flexibility index (Phi) is 4.98. The summed E-state index contributed by atoms with van der Waals surface area (Å²) in [6.45, 7) is 1.85. The Morgan fingerprint density at radius 3 is 2.66 bits per heavy atom. The van der Waals surface area contributed by atoms with Crippen LogP contribution in [0, 0.1) is 23.0 Å². The zero-order chi connectivity index (χ0) is 22.2. The lowest BCUT2D eigenvalue weighted by Gasteiger charge is -2.07. The van der Waals surface area contributed by atoms with Crippen LogP contribution in [0.25, 0.3) is 5.65 Å². The van der Waals surface area contributed by atoms with E-state index >= 15 is 0 Å². The Balaban J connectivity index is 1.43. The van der Waals surface area contributed by atoms with Crippen LogP contribution in [-0.4, -0.2) is 35.4 Å². The highest BCUT2D eigenvalue weighted by Gasteiger charge is 2.29. The molecule has 0 atom stereocenters. The maximum atomic E-state index is 11.9. The van der Waals surface area contributed by atoms with Gasteiger partial charge in [-0.3, -0.25) is 15.2 Å². The number of aryl methyl sites for hydroxylation is 1. The number of nitrogens with one attached hydrogen (secondary N) is 3. The van der Waals surface area contributed by atoms with Gasteiger partial charge >= 0.3 is 11.8 Å². The van der Waals surface area contributed by atoms with Crippen molar-refractivity contribution in [3.05, 3.63) is 58.3 Å². The molecule has 0 spiro atoms. The predicted octanol–water partition coefficient (Wildman–Crippen LogP) is 3.91. The molecule has 1 aliphatic carbocycles. The summed E-state index contributed by atoms with van der Waals surface area (Å²) in [4.78, 5) is 32.7. The minimum absolute atomic E-state index is 0.0540. The molecule has 1 amide bonds. The number of nitro groups is 1. The highest BCUT2D eigenvalue weighted by molar-refractivity contribution is 7.99. The zero-order valence-corrected chi connectivity index (χ0v) is 17.7. The molecule has 1 aromatic carbocycles. The normalized spacial score (nSPS) is 13.3. The third-order valence-electron chi connectivity index (χ3n) is 4.88. The number of fused-ring (bicyclic) bond motifs is 1. The third kappa shape index (κ3) is 4.12. The average Bonchev–Trinajstić information content (AvgIpc) is 3.40. The second-order valence-corrected chi connectivity index (χ2v) is 8.46. The summed E-state index contributed by atoms with van der Waals surface area (Å²) in [6.07, 6.45) is 1.90. The van der Waals surface area contributed by atoms with E-state index in [1.807, 2.05) is 31.2 Å². The zero-order valence-electron chi connectivity index (χ0n) is 16.9. The van der Waals surface area contributed by atoms with E-state index in [0.29, 0.717) is 16.6 Å². The van der Waals surface area contributed by atoms with Crippen molar-refractivity contribution < 1.29 is 9.72 Å². The van der Waals surface area contributed by atoms with Gasteiger partial charge in [0.1, 0.15) is 0 Å². The monoisotopic (exact) mass is 450 g/mol. The lowest BCUT2D eigenvalue weighted by molar-refractivity contribution is -0.390. The van der Waals surface area contributed by atoms with E-state index in [2.05, 4.69) is 30.8 Å². The fraction of sp³-hybridized carbons (Fsp3) is 0.200. The first kappa shape index (κ1) is 20.0. The molecule has 162 valence electrons. The molecule has 5 rings (SSSR count). The van der Waals surface area contributed by atoms with Crippen molar-refractivity contribution in [2.75, 3.05) is 10.6 Å². The Morgan fingerprint density at radius 1 is 1.22 bits per heavy atom. The molecule has 4 aromatic rings. The molecule has 1 saturated carbocycles. The van der Waals surface area contributed by atoms with E-state index in [1.54, 1.807) is 12.1 Å². The number of carbonyl (C=O) groups excluding carboxylic acids is 1. The Labute approximate surface area is 185 Å². The summed E-state index contributed by atoms with van der Waals surface area (Å²) in [5.41, 5.74) is 1.96. The van der Waals surface area contributed by atoms with Crippen LogP contribution in [-0.2, 0) is 4.79 Å². The summed E-state index contributed by atoms with van der Waals surface area (Å²) >= 11 is 1.31. The number of benzene rings is 1. The van der Waals surface area contributed by atoms with Crippen molar-refractivity contribution in [2.24, 2.45) is 5.92 Å². The molecular formula is C20H18N8O3S. The Bertz CT molecular complexity index is 1330. The first-order valence-corrected chi connectivity index (χ1v) is 10.7. The van der Waals surface area contributed by atoms with Crippen LogP contribution in [0.4, 0.5) is 23.3 Å². The number of hydrogen-bond acceptors (Lipinski definition) is 8. The van der Waals surface area contributed by atoms with Crippen molar-refractivity contribution >= 4 is 46.6 Å². The molecule has 0 unspecified atom stereocenters. The SMILES string of the molecule is Cc1cc(Nc2nc(Sc3ccc(NC(=O)C4CC4)cc3)nc3ccc([N+](=O)[O-])n23)n[nH]1. The van der Waals surface area contributed by atoms with Gasteiger partial charge in [-0.2, -0.15) is 15.1 Å². The van der Waals surface area contributed by atoms with Crippen LogP contribution >= 0.6 is 11.8 Å². The number of nitrogens with zero attached hydrogens (tertiary/aromatic N) is 5. The fourth-order valence-corrected chi connectivity index (χ4v) is 3.91. The van der Waals surface area contributed by atoms with Crippen molar-refractivity contribution in [3.63, 3.8) is 0 Å². The lowest BCUT2D eigenvalue weighted by Crippen LogP contribution is -2.12. The second-order valence-electron chi connectivity index (χ2n) is 7.42. The quantitative estimate of drug-likeness (QED) is 0.284. The third-order valence-corrected chi connectivity index (χ3v) is 5.75. The lowest BCUT2D eigenvalue weighted by atomic mass is 10.3. The van der Waals surface area contributed by atoms with Gasteiger partial charge in [0.2, 0.25) is 16.7 Å². The molecule has 0 aliphatic heterocycles. The topological polar surface area (TPSA) is 143 Å². The number of H-pyrrole nitrogens is 1. The van der Waals surface area contributed by atoms with E-state index < -0.39 is 4.92 Å². The first-order valence-electron chi connectivity index (χ1n) is 9.88. The van der Waals surface area contributed by atoms with Crippen molar-refractivity contribution in [1.82, 2.24) is 24.6 Å². The Morgan fingerprint density at radius 2 is 2.00 bits per heavy atom. The molecule has 0 bridgehead atoms. The van der Waals surface area contributed by atoms with E-state index in [-0.39, 0.29) is 23.6 Å². The maximum Gasteiger partial charge on any atom is 0.332 e. The van der Waals surface area contributed by atoms with Crippen molar-refractivity contribution in [2.45, 2.75) is 29.8 Å². The summed E-state index contributed by atoms with van der Waals surface area (Å²) in [5, 5.41) is 24.7. The number of rotatable bonds is 7. The van der Waals surface area contributed by atoms with Crippen LogP contribution in [0.3, 0.4) is 0 Å². The summed E-state index contributed by atoms with van der Waals surface area (Å²) < 4.78 is 1.34. The van der Waals surface area contributed by atoms with E-state index in [4.69, 9.17) is 0 Å². The van der Waals surface area contributed by atoms with Gasteiger partial charge in [-0.25, -0.2) is 0 Å². The molecular weight excluding hydrogens is 432 g/mol. The molecule has 3 heterocycles. The number of amides is 1. The average molecular weight is 450 g/mol. The van der Waals surface area contributed by atoms with Gasteiger partial charge in [-0.1, -0.05) is 0 Å². The van der Waals surface area contributed by atoms with Crippen molar-refractivity contribution in [1.29, 1.82) is 0 Å². The number of hydrogen-bond donors (Lipinski definition) is 3. The maximum absolute atomic E-state index is 11.9. The minimum Gasteiger partial charge on any atom is -0.358 e. The van der Waals surface area contributed by atoms with Crippen LogP contribution in [0.15, 0.2) is 52.5 Å². The number of aromatic amines is 1. The first-order chi connectivity index (χ1) is 15.5. The molecule has 3 N–H and O–H groups in total. The molecule has 0 saturated heterocycles. The van der Waals surface area contributed by atoms with Crippen LogP contribution in [0.2, 0.25) is 0 Å². The molecule has 32 heavy (non-hydrogen) atoms. The second kappa shape index (κ2) is 7.96.